The zero-order valence-electron chi connectivity index (χ0n) is 17.7. The summed E-state index contributed by atoms with van der Waals surface area (Å²) in [7, 11) is 0. The zero-order chi connectivity index (χ0) is 21.4. The van der Waals surface area contributed by atoms with E-state index in [2.05, 4.69) is 62.4 Å². The second-order valence-electron chi connectivity index (χ2n) is 8.56. The Bertz CT molecular complexity index is 1070. The van der Waals surface area contributed by atoms with Crippen LogP contribution in [-0.2, 0) is 0 Å². The van der Waals surface area contributed by atoms with Gasteiger partial charge < -0.3 is 14.8 Å². The van der Waals surface area contributed by atoms with Gasteiger partial charge in [0.1, 0.15) is 0 Å². The predicted molar refractivity (Wildman–Crippen MR) is 130 cm³/mol. The number of nitrogens with one attached hydrogen (secondary N) is 1. The molecule has 31 heavy (non-hydrogen) atoms. The van der Waals surface area contributed by atoms with Crippen LogP contribution in [0.3, 0.4) is 0 Å². The third-order valence-electron chi connectivity index (χ3n) is 6.61. The number of benzene rings is 1. The third-order valence-corrected chi connectivity index (χ3v) is 7.36. The zero-order valence-corrected chi connectivity index (χ0v) is 19.2. The predicted octanol–water partition coefficient (Wildman–Crippen LogP) is 6.14. The molecule has 5 rings (SSSR count). The number of aromatic nitrogens is 2. The van der Waals surface area contributed by atoms with E-state index in [1.165, 1.54) is 37.8 Å². The smallest absolute Gasteiger partial charge is 0.170 e. The van der Waals surface area contributed by atoms with Crippen LogP contribution in [0.25, 0.3) is 5.69 Å². The lowest BCUT2D eigenvalue weighted by molar-refractivity contribution is 0.193. The highest BCUT2D eigenvalue weighted by atomic mass is 35.5. The number of halogens is 1. The first-order valence-corrected chi connectivity index (χ1v) is 11.9. The van der Waals surface area contributed by atoms with Crippen molar-refractivity contribution in [3.05, 3.63) is 82.9 Å². The molecule has 1 aliphatic heterocycles. The molecule has 0 unspecified atom stereocenters. The van der Waals surface area contributed by atoms with Crippen LogP contribution in [0.15, 0.2) is 60.9 Å². The maximum absolute atomic E-state index is 6.30. The molecule has 2 atom stereocenters. The maximum Gasteiger partial charge on any atom is 0.170 e. The first-order valence-electron chi connectivity index (χ1n) is 11.1. The van der Waals surface area contributed by atoms with Gasteiger partial charge in [0.2, 0.25) is 0 Å². The van der Waals surface area contributed by atoms with Gasteiger partial charge >= 0.3 is 0 Å². The van der Waals surface area contributed by atoms with Crippen molar-refractivity contribution >= 4 is 28.9 Å². The first-order chi connectivity index (χ1) is 15.1. The summed E-state index contributed by atoms with van der Waals surface area (Å²) in [6, 6.07) is 17.2. The van der Waals surface area contributed by atoms with Crippen molar-refractivity contribution in [2.45, 2.75) is 57.2 Å². The minimum atomic E-state index is 0.0117. The summed E-state index contributed by atoms with van der Waals surface area (Å²) in [6.45, 7) is 2.05. The van der Waals surface area contributed by atoms with Crippen molar-refractivity contribution in [2.24, 2.45) is 0 Å². The van der Waals surface area contributed by atoms with Crippen LogP contribution < -0.4 is 5.32 Å². The van der Waals surface area contributed by atoms with E-state index >= 15 is 0 Å². The number of hydrogen-bond acceptors (Lipinski definition) is 2. The van der Waals surface area contributed by atoms with E-state index in [0.717, 1.165) is 27.1 Å². The van der Waals surface area contributed by atoms with Crippen LogP contribution in [0.5, 0.6) is 0 Å². The van der Waals surface area contributed by atoms with Gasteiger partial charge in [-0.3, -0.25) is 4.98 Å². The first kappa shape index (κ1) is 20.5. The molecule has 0 amide bonds. The van der Waals surface area contributed by atoms with Crippen LogP contribution >= 0.6 is 23.8 Å². The fourth-order valence-corrected chi connectivity index (χ4v) is 5.59. The van der Waals surface area contributed by atoms with Crippen molar-refractivity contribution in [3.63, 3.8) is 0 Å². The maximum atomic E-state index is 6.30. The van der Waals surface area contributed by atoms with Crippen LogP contribution in [0.4, 0.5) is 0 Å². The van der Waals surface area contributed by atoms with Gasteiger partial charge in [0.15, 0.2) is 5.11 Å². The highest BCUT2D eigenvalue weighted by Gasteiger charge is 2.44. The largest absolute Gasteiger partial charge is 0.352 e. The molecule has 3 aromatic rings. The molecule has 0 radical (unpaired) electrons. The molecule has 1 saturated carbocycles. The number of thiocarbonyl (C=S) groups is 1. The Morgan fingerprint density at radius 2 is 1.90 bits per heavy atom. The molecule has 2 aromatic heterocycles. The molecule has 160 valence electrons. The molecule has 1 aliphatic carbocycles. The van der Waals surface area contributed by atoms with Crippen LogP contribution in [0, 0.1) is 6.92 Å². The summed E-state index contributed by atoms with van der Waals surface area (Å²) in [5.74, 6) is 0. The Hall–Kier alpha value is -2.37. The normalized spacial score (nSPS) is 22.0. The molecule has 1 saturated heterocycles. The summed E-state index contributed by atoms with van der Waals surface area (Å²) >= 11 is 12.2. The molecule has 6 heteroatoms. The Morgan fingerprint density at radius 1 is 1.06 bits per heavy atom. The van der Waals surface area contributed by atoms with Crippen molar-refractivity contribution in [2.75, 3.05) is 0 Å². The van der Waals surface area contributed by atoms with E-state index < -0.39 is 0 Å². The monoisotopic (exact) mass is 450 g/mol. The van der Waals surface area contributed by atoms with Gasteiger partial charge in [-0.15, -0.1) is 0 Å². The summed E-state index contributed by atoms with van der Waals surface area (Å²) in [5.41, 5.74) is 4.43. The van der Waals surface area contributed by atoms with Gasteiger partial charge in [-0.05, 0) is 80.0 Å². The SMILES string of the molecule is Cc1cc(-n2cccc2[C@@H]2[C@@H](c3ccccn3)NC(=S)N2C2CCCCC2)ccc1Cl. The van der Waals surface area contributed by atoms with E-state index in [1.54, 1.807) is 0 Å². The Morgan fingerprint density at radius 3 is 2.65 bits per heavy atom. The Balaban J connectivity index is 1.61. The Kier molecular flexibility index (Phi) is 5.72. The standard InChI is InChI=1S/C25H27ClN4S/c1-17-16-19(12-13-20(17)26)29-15-7-11-22(29)24-23(21-10-5-6-14-27-21)28-25(31)30(24)18-8-3-2-4-9-18/h5-7,10-16,18,23-24H,2-4,8-9H2,1H3,(H,28,31)/t23-,24-/m1/s1. The minimum Gasteiger partial charge on any atom is -0.352 e. The van der Waals surface area contributed by atoms with Gasteiger partial charge in [0.25, 0.3) is 0 Å². The van der Waals surface area contributed by atoms with Gasteiger partial charge in [0.05, 0.1) is 17.8 Å². The average Bonchev–Trinajstić information content (AvgIpc) is 3.41. The summed E-state index contributed by atoms with van der Waals surface area (Å²) in [6.07, 6.45) is 10.2. The van der Waals surface area contributed by atoms with Crippen LogP contribution in [0.1, 0.15) is 61.1 Å². The second kappa shape index (κ2) is 8.64. The fourth-order valence-electron chi connectivity index (χ4n) is 5.08. The molecule has 2 fully saturated rings. The minimum absolute atomic E-state index is 0.0117. The van der Waals surface area contributed by atoms with Crippen LogP contribution in [-0.4, -0.2) is 25.6 Å². The van der Waals surface area contributed by atoms with E-state index in [9.17, 15) is 0 Å². The third kappa shape index (κ3) is 3.85. The van der Waals surface area contributed by atoms with Gasteiger partial charge in [-0.25, -0.2) is 0 Å². The lowest BCUT2D eigenvalue weighted by atomic mass is 9.92. The number of hydrogen-bond donors (Lipinski definition) is 1. The molecule has 1 aromatic carbocycles. The topological polar surface area (TPSA) is 33.1 Å². The number of aryl methyl sites for hydroxylation is 1. The molecular formula is C25H27ClN4S. The number of pyridine rings is 1. The van der Waals surface area contributed by atoms with Gasteiger partial charge in [0, 0.05) is 34.8 Å². The summed E-state index contributed by atoms with van der Waals surface area (Å²) in [5, 5.41) is 5.24. The van der Waals surface area contributed by atoms with Crippen molar-refractivity contribution in [1.29, 1.82) is 0 Å². The molecule has 4 nitrogen and oxygen atoms in total. The van der Waals surface area contributed by atoms with E-state index in [0.29, 0.717) is 6.04 Å². The Labute approximate surface area is 194 Å². The molecular weight excluding hydrogens is 424 g/mol. The van der Waals surface area contributed by atoms with Crippen molar-refractivity contribution in [1.82, 2.24) is 19.8 Å². The number of rotatable bonds is 4. The molecule has 0 bridgehead atoms. The highest BCUT2D eigenvalue weighted by molar-refractivity contribution is 7.80. The molecule has 0 spiro atoms. The van der Waals surface area contributed by atoms with Crippen LogP contribution in [0.2, 0.25) is 5.02 Å². The number of nitrogens with zero attached hydrogens (tertiary/aromatic N) is 3. The molecule has 2 aliphatic rings. The second-order valence-corrected chi connectivity index (χ2v) is 9.36. The van der Waals surface area contributed by atoms with Crippen molar-refractivity contribution < 1.29 is 0 Å². The van der Waals surface area contributed by atoms with E-state index in [1.807, 2.05) is 25.3 Å². The van der Waals surface area contributed by atoms with Crippen molar-refractivity contribution in [3.8, 4) is 5.69 Å². The lowest BCUT2D eigenvalue weighted by Gasteiger charge is -2.37. The fraction of sp³-hybridized carbons (Fsp3) is 0.360. The van der Waals surface area contributed by atoms with Gasteiger partial charge in [-0.1, -0.05) is 36.9 Å². The molecule has 1 N–H and O–H groups in total. The highest BCUT2D eigenvalue weighted by Crippen LogP contribution is 2.43. The quantitative estimate of drug-likeness (QED) is 0.484. The lowest BCUT2D eigenvalue weighted by Crippen LogP contribution is -2.40. The summed E-state index contributed by atoms with van der Waals surface area (Å²) < 4.78 is 2.27. The average molecular weight is 451 g/mol. The molecule has 3 heterocycles. The summed E-state index contributed by atoms with van der Waals surface area (Å²) in [4.78, 5) is 7.15. The van der Waals surface area contributed by atoms with Gasteiger partial charge in [-0.2, -0.15) is 0 Å². The van der Waals surface area contributed by atoms with E-state index in [4.69, 9.17) is 23.8 Å². The van der Waals surface area contributed by atoms with E-state index in [-0.39, 0.29) is 12.1 Å².